The molecule has 4 N–H and O–H groups in total. The van der Waals surface area contributed by atoms with Crippen molar-refractivity contribution in [3.8, 4) is 11.3 Å². The van der Waals surface area contributed by atoms with E-state index in [0.717, 1.165) is 12.1 Å². The molecule has 3 aromatic rings. The molecule has 1 aromatic heterocycles. The first kappa shape index (κ1) is 19.5. The van der Waals surface area contributed by atoms with Crippen molar-refractivity contribution >= 4 is 11.9 Å². The highest BCUT2D eigenvalue weighted by Crippen LogP contribution is 2.38. The van der Waals surface area contributed by atoms with E-state index >= 15 is 0 Å². The number of rotatable bonds is 3. The number of carbonyl (C=O) groups excluding carboxylic acids is 2. The molecule has 3 amide bonds. The van der Waals surface area contributed by atoms with Crippen molar-refractivity contribution in [3.63, 3.8) is 0 Å². The van der Waals surface area contributed by atoms with E-state index < -0.39 is 35.4 Å². The lowest BCUT2D eigenvalue weighted by Gasteiger charge is -2.35. The Balaban J connectivity index is 2.00. The molecule has 0 saturated carbocycles. The topological polar surface area (TPSA) is 107 Å². The Labute approximate surface area is 168 Å². The van der Waals surface area contributed by atoms with Crippen LogP contribution >= 0.6 is 0 Å². The maximum absolute atomic E-state index is 13.9. The van der Waals surface area contributed by atoms with E-state index in [2.05, 4.69) is 5.10 Å². The number of hydrogen-bond acceptors (Lipinski definition) is 3. The minimum atomic E-state index is -1.11. The molecule has 0 saturated heterocycles. The van der Waals surface area contributed by atoms with E-state index in [1.54, 1.807) is 6.07 Å². The van der Waals surface area contributed by atoms with E-state index in [4.69, 9.17) is 11.5 Å². The molecule has 1 aliphatic rings. The predicted octanol–water partition coefficient (Wildman–Crippen LogP) is 2.55. The molecule has 7 nitrogen and oxygen atoms in total. The van der Waals surface area contributed by atoms with Crippen molar-refractivity contribution in [2.75, 3.05) is 6.54 Å². The van der Waals surface area contributed by atoms with Crippen LogP contribution in [-0.2, 0) is 6.54 Å². The molecule has 4 rings (SSSR count). The van der Waals surface area contributed by atoms with Gasteiger partial charge in [-0.1, -0.05) is 12.1 Å². The van der Waals surface area contributed by atoms with Gasteiger partial charge in [-0.2, -0.15) is 5.10 Å². The van der Waals surface area contributed by atoms with E-state index in [-0.39, 0.29) is 35.6 Å². The maximum atomic E-state index is 13.9. The lowest BCUT2D eigenvalue weighted by molar-refractivity contribution is 0.0995. The van der Waals surface area contributed by atoms with Crippen molar-refractivity contribution < 1.29 is 22.8 Å². The van der Waals surface area contributed by atoms with E-state index in [9.17, 15) is 22.8 Å². The van der Waals surface area contributed by atoms with Crippen molar-refractivity contribution in [1.82, 2.24) is 14.7 Å². The number of amides is 3. The summed E-state index contributed by atoms with van der Waals surface area (Å²) in [6, 6.07) is 6.22. The fourth-order valence-corrected chi connectivity index (χ4v) is 3.79. The van der Waals surface area contributed by atoms with Crippen LogP contribution in [0.5, 0.6) is 0 Å². The zero-order valence-electron chi connectivity index (χ0n) is 15.5. The van der Waals surface area contributed by atoms with Crippen LogP contribution in [0.4, 0.5) is 18.0 Å². The Morgan fingerprint density at radius 3 is 2.27 bits per heavy atom. The van der Waals surface area contributed by atoms with Crippen LogP contribution in [0.25, 0.3) is 11.3 Å². The van der Waals surface area contributed by atoms with Gasteiger partial charge in [0.2, 0.25) is 0 Å². The number of hydrogen-bond donors (Lipinski definition) is 2. The van der Waals surface area contributed by atoms with Crippen LogP contribution in [0.1, 0.15) is 27.7 Å². The molecular formula is C20H16F3N5O2. The largest absolute Gasteiger partial charge is 0.365 e. The first-order chi connectivity index (χ1) is 14.3. The van der Waals surface area contributed by atoms with Crippen molar-refractivity contribution in [3.05, 3.63) is 76.7 Å². The number of carbonyl (C=O) groups is 2. The second-order valence-corrected chi connectivity index (χ2v) is 6.84. The second-order valence-electron chi connectivity index (χ2n) is 6.84. The van der Waals surface area contributed by atoms with E-state index in [1.807, 2.05) is 0 Å². The van der Waals surface area contributed by atoms with Crippen molar-refractivity contribution in [2.45, 2.75) is 12.6 Å². The van der Waals surface area contributed by atoms with Gasteiger partial charge in [-0.05, 0) is 29.8 Å². The first-order valence-electron chi connectivity index (χ1n) is 8.94. The number of nitrogens with zero attached hydrogens (tertiary/aromatic N) is 3. The van der Waals surface area contributed by atoms with E-state index in [0.29, 0.717) is 11.6 Å². The van der Waals surface area contributed by atoms with Crippen LogP contribution in [0, 0.1) is 17.5 Å². The van der Waals surface area contributed by atoms with Crippen molar-refractivity contribution in [1.29, 1.82) is 0 Å². The van der Waals surface area contributed by atoms with Gasteiger partial charge < -0.3 is 16.4 Å². The molecule has 1 atom stereocenters. The molecule has 1 aliphatic heterocycles. The molecule has 2 heterocycles. The third-order valence-electron chi connectivity index (χ3n) is 4.94. The zero-order valence-corrected chi connectivity index (χ0v) is 15.5. The summed E-state index contributed by atoms with van der Waals surface area (Å²) in [7, 11) is 0. The number of urea groups is 1. The Bertz CT molecular complexity index is 1160. The second kappa shape index (κ2) is 7.21. The van der Waals surface area contributed by atoms with Gasteiger partial charge in [-0.25, -0.2) is 18.0 Å². The minimum Gasteiger partial charge on any atom is -0.365 e. The molecular weight excluding hydrogens is 399 g/mol. The fraction of sp³-hybridized carbons (Fsp3) is 0.150. The molecule has 0 fully saturated rings. The van der Waals surface area contributed by atoms with Crippen LogP contribution < -0.4 is 11.5 Å². The van der Waals surface area contributed by atoms with Gasteiger partial charge in [0.05, 0.1) is 17.8 Å². The number of benzene rings is 2. The molecule has 10 heteroatoms. The van der Waals surface area contributed by atoms with Crippen LogP contribution in [-0.4, -0.2) is 33.2 Å². The number of fused-ring (bicyclic) bond motifs is 1. The number of aromatic nitrogens is 2. The Morgan fingerprint density at radius 2 is 1.67 bits per heavy atom. The average Bonchev–Trinajstić information content (AvgIpc) is 3.06. The monoisotopic (exact) mass is 415 g/mol. The van der Waals surface area contributed by atoms with Gasteiger partial charge in [0, 0.05) is 18.2 Å². The summed E-state index contributed by atoms with van der Waals surface area (Å²) < 4.78 is 43.0. The number of primary amides is 2. The molecule has 0 bridgehead atoms. The van der Waals surface area contributed by atoms with Gasteiger partial charge >= 0.3 is 6.03 Å². The van der Waals surface area contributed by atoms with Crippen LogP contribution in [0.3, 0.4) is 0 Å². The summed E-state index contributed by atoms with van der Waals surface area (Å²) in [5.41, 5.74) is 11.6. The summed E-state index contributed by atoms with van der Waals surface area (Å²) in [6.07, 6.45) is 0. The van der Waals surface area contributed by atoms with Gasteiger partial charge in [0.15, 0.2) is 0 Å². The smallest absolute Gasteiger partial charge is 0.315 e. The average molecular weight is 415 g/mol. The lowest BCUT2D eigenvalue weighted by Crippen LogP contribution is -2.46. The van der Waals surface area contributed by atoms with Crippen LogP contribution in [0.2, 0.25) is 0 Å². The summed E-state index contributed by atoms with van der Waals surface area (Å²) in [5, 5.41) is 4.38. The normalized spacial score (nSPS) is 15.7. The summed E-state index contributed by atoms with van der Waals surface area (Å²) in [5.74, 6) is -3.16. The standard InChI is InChI=1S/C20H16F3N5O2/c21-12-3-1-2-10(6-12)16-15(19(24)29)18-17(11-7-13(22)9-14(23)8-11)27(20(25)30)4-5-28(18)26-16/h1-3,6-9,17H,4-5H2,(H2,24,29)(H2,25,30). The fourth-order valence-electron chi connectivity index (χ4n) is 3.79. The third-order valence-corrected chi connectivity index (χ3v) is 4.94. The molecule has 0 radical (unpaired) electrons. The number of nitrogens with two attached hydrogens (primary N) is 2. The third kappa shape index (κ3) is 3.25. The zero-order chi connectivity index (χ0) is 21.6. The van der Waals surface area contributed by atoms with Gasteiger partial charge in [-0.15, -0.1) is 0 Å². The lowest BCUT2D eigenvalue weighted by atomic mass is 9.94. The molecule has 0 aliphatic carbocycles. The summed E-state index contributed by atoms with van der Waals surface area (Å²) >= 11 is 0. The quantitative estimate of drug-likeness (QED) is 0.686. The highest BCUT2D eigenvalue weighted by Gasteiger charge is 2.38. The Hall–Kier alpha value is -3.82. The molecule has 2 aromatic carbocycles. The summed E-state index contributed by atoms with van der Waals surface area (Å²) in [6.45, 7) is 0.232. The molecule has 154 valence electrons. The Kier molecular flexibility index (Phi) is 4.69. The maximum Gasteiger partial charge on any atom is 0.315 e. The van der Waals surface area contributed by atoms with Gasteiger partial charge in [0.25, 0.3) is 5.91 Å². The van der Waals surface area contributed by atoms with Gasteiger partial charge in [0.1, 0.15) is 29.2 Å². The van der Waals surface area contributed by atoms with Crippen molar-refractivity contribution in [2.24, 2.45) is 11.5 Å². The number of halogens is 3. The molecule has 1 unspecified atom stereocenters. The Morgan fingerprint density at radius 1 is 0.967 bits per heavy atom. The highest BCUT2D eigenvalue weighted by atomic mass is 19.1. The van der Waals surface area contributed by atoms with Gasteiger partial charge in [-0.3, -0.25) is 9.48 Å². The SMILES string of the molecule is NC(=O)c1c(-c2cccc(F)c2)nn2c1C(c1cc(F)cc(F)c1)N(C(N)=O)CC2. The molecule has 30 heavy (non-hydrogen) atoms. The summed E-state index contributed by atoms with van der Waals surface area (Å²) in [4.78, 5) is 25.7. The molecule has 0 spiro atoms. The highest BCUT2D eigenvalue weighted by molar-refractivity contribution is 6.00. The minimum absolute atomic E-state index is 0.0560. The first-order valence-corrected chi connectivity index (χ1v) is 8.94. The van der Waals surface area contributed by atoms with Crippen LogP contribution in [0.15, 0.2) is 42.5 Å². The predicted molar refractivity (Wildman–Crippen MR) is 101 cm³/mol. The van der Waals surface area contributed by atoms with E-state index in [1.165, 1.54) is 27.8 Å².